The Morgan fingerprint density at radius 2 is 2.04 bits per heavy atom. The minimum absolute atomic E-state index is 0. The summed E-state index contributed by atoms with van der Waals surface area (Å²) in [6.45, 7) is 0.465. The SMILES string of the molecule is Cl.NC[C@H]1CN(c2ccc(-c3ccc4c(c3)NC(=O)CO4)c(F)c2)C(=O)O1. The van der Waals surface area contributed by atoms with Gasteiger partial charge in [0.25, 0.3) is 5.91 Å². The van der Waals surface area contributed by atoms with E-state index in [9.17, 15) is 14.0 Å². The highest BCUT2D eigenvalue weighted by Crippen LogP contribution is 2.35. The van der Waals surface area contributed by atoms with E-state index >= 15 is 0 Å². The van der Waals surface area contributed by atoms with Gasteiger partial charge in [-0.15, -0.1) is 12.4 Å². The fourth-order valence-electron chi connectivity index (χ4n) is 3.01. The Labute approximate surface area is 160 Å². The number of carbonyl (C=O) groups excluding carboxylic acids is 2. The van der Waals surface area contributed by atoms with Crippen molar-refractivity contribution in [1.29, 1.82) is 0 Å². The first kappa shape index (κ1) is 18.9. The van der Waals surface area contributed by atoms with Gasteiger partial charge >= 0.3 is 6.09 Å². The Bertz CT molecular complexity index is 908. The van der Waals surface area contributed by atoms with Crippen LogP contribution in [0.4, 0.5) is 20.6 Å². The van der Waals surface area contributed by atoms with E-state index in [4.69, 9.17) is 15.2 Å². The van der Waals surface area contributed by atoms with Gasteiger partial charge < -0.3 is 20.5 Å². The van der Waals surface area contributed by atoms with Crippen LogP contribution in [0, 0.1) is 5.82 Å². The zero-order valence-electron chi connectivity index (χ0n) is 14.1. The Balaban J connectivity index is 0.00000210. The smallest absolute Gasteiger partial charge is 0.414 e. The quantitative estimate of drug-likeness (QED) is 0.835. The number of cyclic esters (lactones) is 1. The molecule has 9 heteroatoms. The molecule has 1 atom stereocenters. The number of amides is 2. The third-order valence-electron chi connectivity index (χ3n) is 4.32. The number of halogens is 2. The van der Waals surface area contributed by atoms with E-state index in [2.05, 4.69) is 5.32 Å². The van der Waals surface area contributed by atoms with Gasteiger partial charge in [0.2, 0.25) is 0 Å². The van der Waals surface area contributed by atoms with Crippen LogP contribution in [0.1, 0.15) is 0 Å². The van der Waals surface area contributed by atoms with Crippen LogP contribution in [0.25, 0.3) is 11.1 Å². The van der Waals surface area contributed by atoms with Gasteiger partial charge in [-0.1, -0.05) is 6.07 Å². The number of nitrogens with two attached hydrogens (primary N) is 1. The van der Waals surface area contributed by atoms with Gasteiger partial charge in [-0.3, -0.25) is 9.69 Å². The third-order valence-corrected chi connectivity index (χ3v) is 4.32. The number of hydrogen-bond acceptors (Lipinski definition) is 5. The molecule has 7 nitrogen and oxygen atoms in total. The van der Waals surface area contributed by atoms with Crippen molar-refractivity contribution in [2.75, 3.05) is 29.9 Å². The number of carbonyl (C=O) groups is 2. The zero-order chi connectivity index (χ0) is 18.3. The topological polar surface area (TPSA) is 93.9 Å². The number of ether oxygens (including phenoxy) is 2. The summed E-state index contributed by atoms with van der Waals surface area (Å²) in [5.41, 5.74) is 7.35. The third kappa shape index (κ3) is 3.54. The van der Waals surface area contributed by atoms with Crippen molar-refractivity contribution in [3.8, 4) is 16.9 Å². The predicted octanol–water partition coefficient (Wildman–Crippen LogP) is 2.53. The maximum Gasteiger partial charge on any atom is 0.414 e. The lowest BCUT2D eigenvalue weighted by atomic mass is 10.0. The van der Waals surface area contributed by atoms with Crippen LogP contribution in [0.15, 0.2) is 36.4 Å². The maximum absolute atomic E-state index is 14.7. The second-order valence-electron chi connectivity index (χ2n) is 6.06. The Morgan fingerprint density at radius 3 is 2.74 bits per heavy atom. The number of nitrogens with zero attached hydrogens (tertiary/aromatic N) is 1. The zero-order valence-corrected chi connectivity index (χ0v) is 14.9. The summed E-state index contributed by atoms with van der Waals surface area (Å²) >= 11 is 0. The minimum atomic E-state index is -0.541. The lowest BCUT2D eigenvalue weighted by Crippen LogP contribution is -2.27. The second-order valence-corrected chi connectivity index (χ2v) is 6.06. The molecule has 2 aromatic rings. The first-order valence-corrected chi connectivity index (χ1v) is 8.10. The van der Waals surface area contributed by atoms with Crippen LogP contribution < -0.4 is 20.7 Å². The van der Waals surface area contributed by atoms with E-state index in [1.54, 1.807) is 30.3 Å². The number of hydrogen-bond donors (Lipinski definition) is 2. The predicted molar refractivity (Wildman–Crippen MR) is 99.9 cm³/mol. The van der Waals surface area contributed by atoms with Gasteiger partial charge in [-0.25, -0.2) is 9.18 Å². The molecule has 2 heterocycles. The Hall–Kier alpha value is -2.84. The van der Waals surface area contributed by atoms with Crippen molar-refractivity contribution in [2.24, 2.45) is 5.73 Å². The van der Waals surface area contributed by atoms with E-state index in [1.165, 1.54) is 11.0 Å². The van der Waals surface area contributed by atoms with Crippen molar-refractivity contribution in [2.45, 2.75) is 6.10 Å². The monoisotopic (exact) mass is 393 g/mol. The maximum atomic E-state index is 14.7. The standard InChI is InChI=1S/C18H16FN3O4.ClH/c19-14-6-11(22-8-12(7-20)26-18(22)24)2-3-13(14)10-1-4-16-15(5-10)21-17(23)9-25-16;/h1-6,12H,7-9,20H2,(H,21,23);1H/t12-;/m0./s1. The Morgan fingerprint density at radius 1 is 1.22 bits per heavy atom. The van der Waals surface area contributed by atoms with Crippen LogP contribution in [-0.2, 0) is 9.53 Å². The molecule has 2 aliphatic heterocycles. The van der Waals surface area contributed by atoms with Crippen LogP contribution >= 0.6 is 12.4 Å². The normalized spacial score (nSPS) is 18.1. The molecule has 27 heavy (non-hydrogen) atoms. The fourth-order valence-corrected chi connectivity index (χ4v) is 3.01. The van der Waals surface area contributed by atoms with E-state index in [0.717, 1.165) is 0 Å². The molecule has 1 fully saturated rings. The summed E-state index contributed by atoms with van der Waals surface area (Å²) in [5, 5.41) is 2.70. The average Bonchev–Trinajstić information content (AvgIpc) is 3.02. The molecule has 3 N–H and O–H groups in total. The first-order valence-electron chi connectivity index (χ1n) is 8.10. The van der Waals surface area contributed by atoms with E-state index in [-0.39, 0.29) is 38.0 Å². The minimum Gasteiger partial charge on any atom is -0.482 e. The van der Waals surface area contributed by atoms with Gasteiger partial charge in [0.05, 0.1) is 17.9 Å². The molecular formula is C18H17ClFN3O4. The molecule has 0 aromatic heterocycles. The molecule has 4 rings (SSSR count). The molecule has 0 spiro atoms. The molecule has 0 radical (unpaired) electrons. The molecule has 1 saturated heterocycles. The molecule has 2 aromatic carbocycles. The van der Waals surface area contributed by atoms with Crippen molar-refractivity contribution in [1.82, 2.24) is 0 Å². The second kappa shape index (κ2) is 7.42. The van der Waals surface area contributed by atoms with Gasteiger partial charge in [0.1, 0.15) is 17.7 Å². The van der Waals surface area contributed by atoms with Crippen LogP contribution in [0.3, 0.4) is 0 Å². The molecule has 0 saturated carbocycles. The average molecular weight is 394 g/mol. The largest absolute Gasteiger partial charge is 0.482 e. The molecule has 142 valence electrons. The highest BCUT2D eigenvalue weighted by Gasteiger charge is 2.31. The molecule has 2 amide bonds. The van der Waals surface area contributed by atoms with Gasteiger partial charge in [-0.2, -0.15) is 0 Å². The summed E-state index contributed by atoms with van der Waals surface area (Å²) in [6, 6.07) is 9.56. The lowest BCUT2D eigenvalue weighted by molar-refractivity contribution is -0.118. The number of fused-ring (bicyclic) bond motifs is 1. The van der Waals surface area contributed by atoms with Gasteiger partial charge in [0.15, 0.2) is 6.61 Å². The molecule has 0 unspecified atom stereocenters. The summed E-state index contributed by atoms with van der Waals surface area (Å²) in [7, 11) is 0. The van der Waals surface area contributed by atoms with Crippen LogP contribution in [0.2, 0.25) is 0 Å². The van der Waals surface area contributed by atoms with Crippen LogP contribution in [0.5, 0.6) is 5.75 Å². The number of nitrogens with one attached hydrogen (secondary N) is 1. The number of rotatable bonds is 3. The number of benzene rings is 2. The summed E-state index contributed by atoms with van der Waals surface area (Å²) in [4.78, 5) is 24.7. The summed E-state index contributed by atoms with van der Waals surface area (Å²) in [6.07, 6.45) is -0.935. The summed E-state index contributed by atoms with van der Waals surface area (Å²) < 4.78 is 25.1. The molecule has 0 aliphatic carbocycles. The Kier molecular flexibility index (Phi) is 5.20. The van der Waals surface area contributed by atoms with Crippen molar-refractivity contribution in [3.05, 3.63) is 42.2 Å². The van der Waals surface area contributed by atoms with Gasteiger partial charge in [-0.05, 0) is 35.9 Å². The van der Waals surface area contributed by atoms with E-state index in [1.807, 2.05) is 0 Å². The van der Waals surface area contributed by atoms with Gasteiger partial charge in [0, 0.05) is 12.1 Å². The van der Waals surface area contributed by atoms with E-state index in [0.29, 0.717) is 28.3 Å². The number of anilines is 2. The molecule has 0 bridgehead atoms. The lowest BCUT2D eigenvalue weighted by Gasteiger charge is -2.19. The van der Waals surface area contributed by atoms with Crippen LogP contribution in [-0.4, -0.2) is 37.8 Å². The highest BCUT2D eigenvalue weighted by atomic mass is 35.5. The molecule has 2 aliphatic rings. The highest BCUT2D eigenvalue weighted by molar-refractivity contribution is 5.96. The fraction of sp³-hybridized carbons (Fsp3) is 0.222. The van der Waals surface area contributed by atoms with Crippen molar-refractivity contribution < 1.29 is 23.5 Å². The van der Waals surface area contributed by atoms with Crippen molar-refractivity contribution in [3.63, 3.8) is 0 Å². The molecular weight excluding hydrogens is 377 g/mol. The summed E-state index contributed by atoms with van der Waals surface area (Å²) in [5.74, 6) is -0.208. The first-order chi connectivity index (χ1) is 12.5. The van der Waals surface area contributed by atoms with E-state index < -0.39 is 18.0 Å². The van der Waals surface area contributed by atoms with Crippen molar-refractivity contribution >= 4 is 35.8 Å².